The normalized spacial score (nSPS) is 11.3. The Hall–Kier alpha value is -6.47. The first-order chi connectivity index (χ1) is 25.5. The summed E-state index contributed by atoms with van der Waals surface area (Å²) in [5, 5.41) is 0. The van der Waals surface area contributed by atoms with Gasteiger partial charge in [-0.15, -0.1) is 22.1 Å². The minimum atomic E-state index is -0.0833. The number of benzene rings is 4. The molecule has 0 N–H and O–H groups in total. The van der Waals surface area contributed by atoms with E-state index < -0.39 is 0 Å². The van der Waals surface area contributed by atoms with Crippen molar-refractivity contribution in [3.63, 3.8) is 0 Å². The van der Waals surface area contributed by atoms with E-state index in [0.29, 0.717) is 0 Å². The summed E-state index contributed by atoms with van der Waals surface area (Å²) in [5.41, 5.74) is 15.0. The van der Waals surface area contributed by atoms with Crippen LogP contribution < -0.4 is 9.97 Å². The second-order valence-corrected chi connectivity index (χ2v) is 12.5. The van der Waals surface area contributed by atoms with Crippen LogP contribution in [0.2, 0.25) is 0 Å². The van der Waals surface area contributed by atoms with Crippen LogP contribution in [0.3, 0.4) is 0 Å². The van der Waals surface area contributed by atoms with Gasteiger partial charge in [0.2, 0.25) is 0 Å². The third-order valence-corrected chi connectivity index (χ3v) is 8.86. The molecule has 2 aliphatic rings. The molecule has 5 nitrogen and oxygen atoms in total. The smallest absolute Gasteiger partial charge is 0.657 e. The van der Waals surface area contributed by atoms with Crippen LogP contribution in [-0.2, 0) is 21.6 Å². The van der Waals surface area contributed by atoms with Gasteiger partial charge in [0, 0.05) is 0 Å². The van der Waals surface area contributed by atoms with Gasteiger partial charge in [0.05, 0.1) is 22.8 Å². The van der Waals surface area contributed by atoms with Gasteiger partial charge in [0.1, 0.15) is 0 Å². The van der Waals surface area contributed by atoms with Gasteiger partial charge >= 0.3 is 16.8 Å². The molecule has 0 saturated heterocycles. The molecule has 8 bridgehead atoms. The van der Waals surface area contributed by atoms with Crippen molar-refractivity contribution in [1.82, 2.24) is 19.9 Å². The predicted molar refractivity (Wildman–Crippen MR) is 215 cm³/mol. The number of Topliss-reactive ketones (excluding diaryl/α,β-unsaturated/α-hetero) is 1. The zero-order valence-corrected chi connectivity index (χ0v) is 29.9. The summed E-state index contributed by atoms with van der Waals surface area (Å²) < 4.78 is 0. The summed E-state index contributed by atoms with van der Waals surface area (Å²) in [4.78, 5) is 30.6. The molecular formula is C47H33CoN4O. The second kappa shape index (κ2) is 15.4. The molecule has 0 spiro atoms. The Morgan fingerprint density at radius 3 is 0.830 bits per heavy atom. The molecule has 5 heterocycles. The van der Waals surface area contributed by atoms with E-state index in [1.807, 2.05) is 24.3 Å². The molecule has 0 unspecified atom stereocenters. The van der Waals surface area contributed by atoms with E-state index in [9.17, 15) is 4.79 Å². The molecule has 6 heteroatoms. The molecule has 2 aliphatic heterocycles. The Bertz CT molecular complexity index is 2290. The van der Waals surface area contributed by atoms with Crippen molar-refractivity contribution in [3.8, 4) is 44.5 Å². The van der Waals surface area contributed by atoms with Crippen molar-refractivity contribution >= 4 is 52.2 Å². The van der Waals surface area contributed by atoms with Crippen LogP contribution in [0.25, 0.3) is 90.9 Å². The number of hydrogen-bond acceptors (Lipinski definition) is 3. The van der Waals surface area contributed by atoms with E-state index in [1.165, 1.54) is 6.92 Å². The van der Waals surface area contributed by atoms with Crippen molar-refractivity contribution in [3.05, 3.63) is 175 Å². The first-order valence-corrected chi connectivity index (χ1v) is 17.1. The van der Waals surface area contributed by atoms with Crippen molar-refractivity contribution < 1.29 is 21.6 Å². The summed E-state index contributed by atoms with van der Waals surface area (Å²) in [6, 6.07) is 50.0. The molecule has 0 fully saturated rings. The molecule has 9 rings (SSSR count). The fourth-order valence-electron chi connectivity index (χ4n) is 6.69. The van der Waals surface area contributed by atoms with Crippen LogP contribution in [0, 0.1) is 6.92 Å². The molecule has 4 aromatic carbocycles. The van der Waals surface area contributed by atoms with Gasteiger partial charge in [-0.2, -0.15) is 0 Å². The molecule has 256 valence electrons. The maximum Gasteiger partial charge on any atom is 3.00 e. The van der Waals surface area contributed by atoms with Gasteiger partial charge in [-0.1, -0.05) is 146 Å². The summed E-state index contributed by atoms with van der Waals surface area (Å²) in [6.45, 7) is 4.42. The van der Waals surface area contributed by atoms with E-state index in [1.54, 1.807) is 0 Å². The van der Waals surface area contributed by atoms with Gasteiger partial charge in [0.25, 0.3) is 0 Å². The van der Waals surface area contributed by atoms with Crippen LogP contribution in [0.4, 0.5) is 0 Å². The molecule has 0 atom stereocenters. The van der Waals surface area contributed by atoms with Crippen LogP contribution in [0.15, 0.2) is 146 Å². The number of carbonyl (C=O) groups excluding carboxylic acids is 1. The number of ketones is 1. The summed E-state index contributed by atoms with van der Waals surface area (Å²) in [5.74, 6) is -0.0833. The predicted octanol–water partition coefficient (Wildman–Crippen LogP) is 11.0. The van der Waals surface area contributed by atoms with Crippen molar-refractivity contribution in [1.29, 1.82) is 0 Å². The molecule has 3 aromatic heterocycles. The number of hydrogen-bond donors (Lipinski definition) is 0. The Kier molecular flexibility index (Phi) is 10.2. The Balaban J connectivity index is 0.000000831. The average molecular weight is 729 g/mol. The number of nitrogens with zero attached hydrogens (tertiary/aromatic N) is 4. The first kappa shape index (κ1) is 35.0. The minimum absolute atomic E-state index is 0. The van der Waals surface area contributed by atoms with Crippen LogP contribution in [0.5, 0.6) is 0 Å². The monoisotopic (exact) mass is 728 g/mol. The Morgan fingerprint density at radius 1 is 0.415 bits per heavy atom. The van der Waals surface area contributed by atoms with Crippen molar-refractivity contribution in [2.75, 3.05) is 0 Å². The number of aromatic nitrogens is 4. The number of fused-ring (bicyclic) bond motifs is 8. The van der Waals surface area contributed by atoms with Gasteiger partial charge in [-0.3, -0.25) is 0 Å². The zero-order valence-electron chi connectivity index (χ0n) is 28.9. The van der Waals surface area contributed by atoms with Crippen LogP contribution in [0.1, 0.15) is 29.7 Å². The molecule has 7 aromatic rings. The first-order valence-electron chi connectivity index (χ1n) is 17.1. The quantitative estimate of drug-likeness (QED) is 0.169. The fourth-order valence-corrected chi connectivity index (χ4v) is 6.69. The molecule has 0 saturated carbocycles. The van der Waals surface area contributed by atoms with Crippen molar-refractivity contribution in [2.45, 2.75) is 6.92 Å². The van der Waals surface area contributed by atoms with Crippen LogP contribution >= 0.6 is 0 Å². The molecular weight excluding hydrogens is 695 g/mol. The van der Waals surface area contributed by atoms with Gasteiger partial charge in [0.15, 0.2) is 0 Å². The minimum Gasteiger partial charge on any atom is -0.657 e. The van der Waals surface area contributed by atoms with Gasteiger partial charge in [-0.05, 0) is 81.5 Å². The maximum atomic E-state index is 9.33. The Morgan fingerprint density at radius 2 is 0.623 bits per heavy atom. The van der Waals surface area contributed by atoms with Gasteiger partial charge < -0.3 is 21.7 Å². The number of carbonyl (C=O) groups is 1. The largest absolute Gasteiger partial charge is 3.00 e. The maximum absolute atomic E-state index is 9.33. The van der Waals surface area contributed by atoms with E-state index in [2.05, 4.69) is 153 Å². The van der Waals surface area contributed by atoms with Crippen molar-refractivity contribution in [2.24, 2.45) is 0 Å². The average Bonchev–Trinajstić information content (AvgIpc) is 4.01. The third-order valence-electron chi connectivity index (χ3n) is 8.86. The number of rotatable bonds is 4. The SMILES string of the molecule is C1=Cc2nc1c(-c1ccccc1)c1ccc([n-]1)c(-c1ccccc1)c1nc(c(-c3ccccc3)c3ccc([n-]3)c2-c2ccccc2)C=C1.[CH2-]C(C)=O.[Co+3]. The van der Waals surface area contributed by atoms with E-state index >= 15 is 0 Å². The molecule has 53 heavy (non-hydrogen) atoms. The topological polar surface area (TPSA) is 71.1 Å². The molecule has 0 radical (unpaired) electrons. The van der Waals surface area contributed by atoms with E-state index in [0.717, 1.165) is 89.4 Å². The third kappa shape index (κ3) is 7.19. The summed E-state index contributed by atoms with van der Waals surface area (Å²) in [7, 11) is 0. The second-order valence-electron chi connectivity index (χ2n) is 12.5. The molecule has 0 aliphatic carbocycles. The summed E-state index contributed by atoms with van der Waals surface area (Å²) >= 11 is 0. The van der Waals surface area contributed by atoms with Gasteiger partial charge in [-0.25, -0.2) is 9.97 Å². The summed E-state index contributed by atoms with van der Waals surface area (Å²) in [6.07, 6.45) is 8.41. The fraction of sp³-hybridized carbons (Fsp3) is 0.0213. The van der Waals surface area contributed by atoms with E-state index in [4.69, 9.17) is 19.9 Å². The Labute approximate surface area is 319 Å². The van der Waals surface area contributed by atoms with E-state index in [-0.39, 0.29) is 22.6 Å². The van der Waals surface area contributed by atoms with Crippen LogP contribution in [-0.4, -0.2) is 15.8 Å². The molecule has 0 amide bonds. The standard InChI is InChI=1S/C44H28N4.C3H5O.Co/c1-5-13-29(14-6-1)41-33-21-23-35(45-33)42(30-15-7-2-8-16-30)37-25-27-39(47-37)44(32-19-11-4-12-20-32)40-28-26-38(48-40)43(31-17-9-3-10-18-31)36-24-22-34(41)46-36;1-3(2)4;/h1-28H;1H2,2H3;/q-2;-1;+3. The zero-order chi connectivity index (χ0) is 35.4.